The average Bonchev–Trinajstić information content (AvgIpc) is 3.00. The Hall–Kier alpha value is -1.04. The minimum absolute atomic E-state index is 0.0934. The number of hydrogen-bond acceptors (Lipinski definition) is 4. The second kappa shape index (κ2) is 8.88. The fourth-order valence-electron chi connectivity index (χ4n) is 3.64. The Morgan fingerprint density at radius 3 is 2.62 bits per heavy atom. The van der Waals surface area contributed by atoms with E-state index in [0.29, 0.717) is 12.3 Å². The van der Waals surface area contributed by atoms with Crippen molar-refractivity contribution in [3.63, 3.8) is 0 Å². The van der Waals surface area contributed by atoms with E-state index in [1.165, 1.54) is 30.2 Å². The number of carbonyl (C=O) groups is 1. The van der Waals surface area contributed by atoms with Gasteiger partial charge in [0.2, 0.25) is 5.91 Å². The number of amides is 1. The molecule has 0 radical (unpaired) electrons. The molecular formula is C19H29N3OS. The van der Waals surface area contributed by atoms with E-state index in [1.54, 1.807) is 0 Å². The largest absolute Gasteiger partial charge is 0.327 e. The molecule has 0 bridgehead atoms. The van der Waals surface area contributed by atoms with Crippen molar-refractivity contribution in [2.45, 2.75) is 38.1 Å². The van der Waals surface area contributed by atoms with Crippen LogP contribution >= 0.6 is 11.8 Å². The summed E-state index contributed by atoms with van der Waals surface area (Å²) in [6.45, 7) is 3.55. The molecule has 1 heterocycles. The number of hydrogen-bond donors (Lipinski definition) is 2. The van der Waals surface area contributed by atoms with Crippen LogP contribution in [0.3, 0.4) is 0 Å². The van der Waals surface area contributed by atoms with E-state index in [1.807, 2.05) is 23.9 Å². The second-order valence-corrected chi connectivity index (χ2v) is 8.23. The number of benzene rings is 1. The smallest absolute Gasteiger partial charge is 0.224 e. The Bertz CT molecular complexity index is 528. The predicted octanol–water partition coefficient (Wildman–Crippen LogP) is 2.73. The third kappa shape index (κ3) is 5.23. The van der Waals surface area contributed by atoms with Gasteiger partial charge in [0.25, 0.3) is 0 Å². The van der Waals surface area contributed by atoms with Crippen molar-refractivity contribution in [3.8, 4) is 0 Å². The van der Waals surface area contributed by atoms with Crippen LogP contribution in [0.15, 0.2) is 24.3 Å². The van der Waals surface area contributed by atoms with Crippen molar-refractivity contribution in [1.29, 1.82) is 0 Å². The van der Waals surface area contributed by atoms with Gasteiger partial charge in [-0.25, -0.2) is 0 Å². The first-order chi connectivity index (χ1) is 11.7. The molecule has 2 aliphatic rings. The van der Waals surface area contributed by atoms with Crippen molar-refractivity contribution in [1.82, 2.24) is 4.90 Å². The molecule has 4 nitrogen and oxygen atoms in total. The van der Waals surface area contributed by atoms with Crippen molar-refractivity contribution < 1.29 is 4.79 Å². The van der Waals surface area contributed by atoms with Gasteiger partial charge in [-0.3, -0.25) is 4.79 Å². The number of nitrogens with zero attached hydrogens (tertiary/aromatic N) is 1. The Labute approximate surface area is 149 Å². The Balaban J connectivity index is 1.42. The van der Waals surface area contributed by atoms with Crippen molar-refractivity contribution in [2.75, 3.05) is 36.5 Å². The van der Waals surface area contributed by atoms with Gasteiger partial charge >= 0.3 is 0 Å². The van der Waals surface area contributed by atoms with Gasteiger partial charge in [0.1, 0.15) is 0 Å². The lowest BCUT2D eigenvalue weighted by molar-refractivity contribution is -0.117. The van der Waals surface area contributed by atoms with Crippen molar-refractivity contribution >= 4 is 23.4 Å². The summed E-state index contributed by atoms with van der Waals surface area (Å²) >= 11 is 2.05. The maximum absolute atomic E-state index is 12.2. The van der Waals surface area contributed by atoms with Gasteiger partial charge in [-0.05, 0) is 42.9 Å². The summed E-state index contributed by atoms with van der Waals surface area (Å²) in [5, 5.41) is 3.01. The third-order valence-corrected chi connectivity index (χ3v) is 6.17. The Morgan fingerprint density at radius 1 is 1.21 bits per heavy atom. The summed E-state index contributed by atoms with van der Waals surface area (Å²) in [6.07, 6.45) is 4.93. The van der Waals surface area contributed by atoms with E-state index in [0.717, 1.165) is 37.9 Å². The summed E-state index contributed by atoms with van der Waals surface area (Å²) in [5.74, 6) is 2.97. The molecule has 5 heteroatoms. The maximum Gasteiger partial charge on any atom is 0.224 e. The van der Waals surface area contributed by atoms with Crippen LogP contribution in [0, 0.1) is 5.92 Å². The second-order valence-electron chi connectivity index (χ2n) is 7.01. The fraction of sp³-hybridized carbons (Fsp3) is 0.632. The van der Waals surface area contributed by atoms with Crippen LogP contribution in [0.5, 0.6) is 0 Å². The normalized spacial score (nSPS) is 24.9. The van der Waals surface area contributed by atoms with Gasteiger partial charge in [0.15, 0.2) is 0 Å². The topological polar surface area (TPSA) is 58.4 Å². The predicted molar refractivity (Wildman–Crippen MR) is 102 cm³/mol. The first-order valence-electron chi connectivity index (χ1n) is 9.15. The highest BCUT2D eigenvalue weighted by Gasteiger charge is 2.25. The van der Waals surface area contributed by atoms with Gasteiger partial charge in [-0.1, -0.05) is 18.6 Å². The van der Waals surface area contributed by atoms with Gasteiger partial charge in [-0.15, -0.1) is 0 Å². The lowest BCUT2D eigenvalue weighted by atomic mass is 10.00. The Morgan fingerprint density at radius 2 is 1.96 bits per heavy atom. The molecule has 24 heavy (non-hydrogen) atoms. The van der Waals surface area contributed by atoms with E-state index < -0.39 is 0 Å². The molecule has 0 aromatic heterocycles. The van der Waals surface area contributed by atoms with Gasteiger partial charge in [0, 0.05) is 49.3 Å². The van der Waals surface area contributed by atoms with E-state index in [-0.39, 0.29) is 11.9 Å². The lowest BCUT2D eigenvalue weighted by Gasteiger charge is -2.26. The first kappa shape index (κ1) is 17.8. The molecule has 1 aromatic rings. The molecule has 132 valence electrons. The highest BCUT2D eigenvalue weighted by atomic mass is 32.2. The standard InChI is InChI=1S/C19H29N3OS/c20-18-3-1-2-16(18)14-19(23)21-17-6-4-15(5-7-17)8-9-22-10-12-24-13-11-22/h4-7,16,18H,1-3,8-14,20H2,(H,21,23)/t16-,18+/m0/s1. The van der Waals surface area contributed by atoms with E-state index in [2.05, 4.69) is 22.3 Å². The molecule has 0 unspecified atom stereocenters. The van der Waals surface area contributed by atoms with Crippen LogP contribution in [0.1, 0.15) is 31.2 Å². The van der Waals surface area contributed by atoms with Gasteiger partial charge in [0.05, 0.1) is 0 Å². The van der Waals surface area contributed by atoms with Crippen molar-refractivity contribution in [2.24, 2.45) is 11.7 Å². The molecule has 3 rings (SSSR count). The van der Waals surface area contributed by atoms with Crippen molar-refractivity contribution in [3.05, 3.63) is 29.8 Å². The molecular weight excluding hydrogens is 318 g/mol. The number of nitrogens with two attached hydrogens (primary N) is 1. The quantitative estimate of drug-likeness (QED) is 0.831. The van der Waals surface area contributed by atoms with Crippen LogP contribution in [0.25, 0.3) is 0 Å². The molecule has 1 aliphatic carbocycles. The maximum atomic E-state index is 12.2. The van der Waals surface area contributed by atoms with Crippen LogP contribution in [-0.4, -0.2) is 48.0 Å². The highest BCUT2D eigenvalue weighted by Crippen LogP contribution is 2.27. The zero-order valence-electron chi connectivity index (χ0n) is 14.4. The summed E-state index contributed by atoms with van der Waals surface area (Å²) < 4.78 is 0. The molecule has 2 fully saturated rings. The third-order valence-electron chi connectivity index (χ3n) is 5.22. The molecule has 0 spiro atoms. The zero-order valence-corrected chi connectivity index (χ0v) is 15.2. The monoisotopic (exact) mass is 347 g/mol. The average molecular weight is 348 g/mol. The minimum atomic E-state index is 0.0934. The first-order valence-corrected chi connectivity index (χ1v) is 10.3. The van der Waals surface area contributed by atoms with Crippen LogP contribution in [0.4, 0.5) is 5.69 Å². The van der Waals surface area contributed by atoms with E-state index in [9.17, 15) is 4.79 Å². The molecule has 1 aromatic carbocycles. The van der Waals surface area contributed by atoms with Crippen LogP contribution < -0.4 is 11.1 Å². The van der Waals surface area contributed by atoms with Crippen LogP contribution in [-0.2, 0) is 11.2 Å². The zero-order chi connectivity index (χ0) is 16.8. The number of carbonyl (C=O) groups excluding carboxylic acids is 1. The fourth-order valence-corrected chi connectivity index (χ4v) is 4.61. The molecule has 1 amide bonds. The summed E-state index contributed by atoms with van der Waals surface area (Å²) in [4.78, 5) is 14.7. The summed E-state index contributed by atoms with van der Waals surface area (Å²) in [5.41, 5.74) is 8.28. The molecule has 2 atom stereocenters. The van der Waals surface area contributed by atoms with Gasteiger partial charge in [-0.2, -0.15) is 11.8 Å². The molecule has 1 saturated heterocycles. The Kier molecular flexibility index (Phi) is 6.58. The lowest BCUT2D eigenvalue weighted by Crippen LogP contribution is -2.34. The van der Waals surface area contributed by atoms with E-state index >= 15 is 0 Å². The minimum Gasteiger partial charge on any atom is -0.327 e. The summed E-state index contributed by atoms with van der Waals surface area (Å²) in [6, 6.07) is 8.51. The summed E-state index contributed by atoms with van der Waals surface area (Å²) in [7, 11) is 0. The SMILES string of the molecule is N[C@@H]1CCC[C@H]1CC(=O)Nc1ccc(CCN2CCSCC2)cc1. The highest BCUT2D eigenvalue weighted by molar-refractivity contribution is 7.99. The number of rotatable bonds is 6. The van der Waals surface area contributed by atoms with Crippen LogP contribution in [0.2, 0.25) is 0 Å². The number of thioether (sulfide) groups is 1. The molecule has 1 saturated carbocycles. The van der Waals surface area contributed by atoms with Gasteiger partial charge < -0.3 is 16.0 Å². The number of nitrogens with one attached hydrogen (secondary N) is 1. The number of anilines is 1. The molecule has 3 N–H and O–H groups in total. The molecule has 1 aliphatic heterocycles. The van der Waals surface area contributed by atoms with E-state index in [4.69, 9.17) is 5.73 Å².